The SMILES string of the molecule is CC.CNc1ccccc1C.[HH]. The van der Waals surface area contributed by atoms with Gasteiger partial charge in [0, 0.05) is 14.2 Å². The first-order chi connectivity index (χ1) is 5.34. The van der Waals surface area contributed by atoms with E-state index in [1.165, 1.54) is 11.3 Å². The molecule has 0 aromatic heterocycles. The minimum atomic E-state index is 0. The summed E-state index contributed by atoms with van der Waals surface area (Å²) in [5, 5.41) is 3.10. The zero-order chi connectivity index (χ0) is 8.69. The van der Waals surface area contributed by atoms with Gasteiger partial charge in [-0.1, -0.05) is 32.0 Å². The fourth-order valence-corrected chi connectivity index (χ4v) is 0.853. The predicted octanol–water partition coefficient (Wildman–Crippen LogP) is 3.31. The Morgan fingerprint density at radius 2 is 1.73 bits per heavy atom. The van der Waals surface area contributed by atoms with Gasteiger partial charge in [0.25, 0.3) is 0 Å². The first-order valence-corrected chi connectivity index (χ1v) is 4.08. The molecule has 0 unspecified atom stereocenters. The smallest absolute Gasteiger partial charge is 0.0367 e. The standard InChI is InChI=1S/C8H11N.C2H6.H2/c1-7-5-3-4-6-8(7)9-2;1-2;/h3-6,9H,1-2H3;1-2H3;1H. The van der Waals surface area contributed by atoms with Gasteiger partial charge in [0.15, 0.2) is 0 Å². The number of rotatable bonds is 1. The van der Waals surface area contributed by atoms with Crippen molar-refractivity contribution in [2.75, 3.05) is 12.4 Å². The van der Waals surface area contributed by atoms with Crippen LogP contribution >= 0.6 is 0 Å². The van der Waals surface area contributed by atoms with E-state index in [1.807, 2.05) is 33.0 Å². The summed E-state index contributed by atoms with van der Waals surface area (Å²) in [6.45, 7) is 6.09. The Balaban J connectivity index is 0. The van der Waals surface area contributed by atoms with Crippen molar-refractivity contribution in [3.8, 4) is 0 Å². The van der Waals surface area contributed by atoms with Crippen LogP contribution in [-0.2, 0) is 0 Å². The van der Waals surface area contributed by atoms with Gasteiger partial charge >= 0.3 is 0 Å². The van der Waals surface area contributed by atoms with E-state index in [0.717, 1.165) is 0 Å². The first kappa shape index (κ1) is 10.0. The maximum atomic E-state index is 3.10. The molecular weight excluding hydrogens is 134 g/mol. The topological polar surface area (TPSA) is 12.0 Å². The maximum absolute atomic E-state index is 3.10. The van der Waals surface area contributed by atoms with Crippen molar-refractivity contribution in [1.29, 1.82) is 0 Å². The lowest BCUT2D eigenvalue weighted by atomic mass is 10.2. The summed E-state index contributed by atoms with van der Waals surface area (Å²) in [7, 11) is 1.93. The van der Waals surface area contributed by atoms with Crippen molar-refractivity contribution < 1.29 is 1.43 Å². The predicted molar refractivity (Wildman–Crippen MR) is 54.2 cm³/mol. The van der Waals surface area contributed by atoms with Gasteiger partial charge < -0.3 is 5.32 Å². The summed E-state index contributed by atoms with van der Waals surface area (Å²) < 4.78 is 0. The summed E-state index contributed by atoms with van der Waals surface area (Å²) in [5.41, 5.74) is 2.50. The number of nitrogens with one attached hydrogen (secondary N) is 1. The average Bonchev–Trinajstić information content (AvgIpc) is 2.09. The van der Waals surface area contributed by atoms with Crippen LogP contribution in [0.5, 0.6) is 0 Å². The lowest BCUT2D eigenvalue weighted by molar-refractivity contribution is 1.41. The van der Waals surface area contributed by atoms with Gasteiger partial charge in [0.2, 0.25) is 0 Å². The van der Waals surface area contributed by atoms with Gasteiger partial charge in [-0.2, -0.15) is 0 Å². The van der Waals surface area contributed by atoms with Crippen LogP contribution in [0, 0.1) is 6.92 Å². The fourth-order valence-electron chi connectivity index (χ4n) is 0.853. The van der Waals surface area contributed by atoms with Crippen LogP contribution in [0.15, 0.2) is 24.3 Å². The summed E-state index contributed by atoms with van der Waals surface area (Å²) in [4.78, 5) is 0. The van der Waals surface area contributed by atoms with Gasteiger partial charge in [0.1, 0.15) is 0 Å². The fraction of sp³-hybridized carbons (Fsp3) is 0.400. The van der Waals surface area contributed by atoms with Gasteiger partial charge in [-0.25, -0.2) is 0 Å². The Morgan fingerprint density at radius 3 is 2.09 bits per heavy atom. The number of benzene rings is 1. The van der Waals surface area contributed by atoms with Crippen LogP contribution < -0.4 is 5.32 Å². The van der Waals surface area contributed by atoms with E-state index in [4.69, 9.17) is 0 Å². The quantitative estimate of drug-likeness (QED) is 0.652. The number of para-hydroxylation sites is 1. The normalized spacial score (nSPS) is 8.00. The molecule has 1 nitrogen and oxygen atoms in total. The molecule has 0 bridgehead atoms. The molecule has 1 aromatic rings. The van der Waals surface area contributed by atoms with Crippen molar-refractivity contribution in [1.82, 2.24) is 0 Å². The van der Waals surface area contributed by atoms with E-state index in [1.54, 1.807) is 0 Å². The zero-order valence-electron chi connectivity index (χ0n) is 7.81. The third kappa shape index (κ3) is 3.08. The van der Waals surface area contributed by atoms with Crippen molar-refractivity contribution in [3.05, 3.63) is 29.8 Å². The van der Waals surface area contributed by atoms with Crippen LogP contribution in [0.3, 0.4) is 0 Å². The molecule has 0 fully saturated rings. The highest BCUT2D eigenvalue weighted by molar-refractivity contribution is 5.49. The highest BCUT2D eigenvalue weighted by Crippen LogP contribution is 2.10. The molecule has 0 aliphatic heterocycles. The van der Waals surface area contributed by atoms with E-state index in [0.29, 0.717) is 0 Å². The number of hydrogen-bond donors (Lipinski definition) is 1. The zero-order valence-corrected chi connectivity index (χ0v) is 7.81. The van der Waals surface area contributed by atoms with Crippen molar-refractivity contribution in [3.63, 3.8) is 0 Å². The molecule has 1 rings (SSSR count). The van der Waals surface area contributed by atoms with Gasteiger partial charge in [-0.05, 0) is 18.6 Å². The molecule has 0 aliphatic rings. The second-order valence-corrected chi connectivity index (χ2v) is 2.06. The minimum Gasteiger partial charge on any atom is -0.388 e. The molecule has 64 valence electrons. The van der Waals surface area contributed by atoms with E-state index in [-0.39, 0.29) is 1.43 Å². The molecule has 11 heavy (non-hydrogen) atoms. The lowest BCUT2D eigenvalue weighted by Crippen LogP contribution is -1.89. The average molecular weight is 153 g/mol. The molecule has 0 atom stereocenters. The number of anilines is 1. The van der Waals surface area contributed by atoms with Gasteiger partial charge in [0.05, 0.1) is 0 Å². The van der Waals surface area contributed by atoms with Crippen LogP contribution in [0.2, 0.25) is 0 Å². The molecule has 0 saturated carbocycles. The lowest BCUT2D eigenvalue weighted by Gasteiger charge is -2.01. The molecule has 0 radical (unpaired) electrons. The molecule has 0 aliphatic carbocycles. The minimum absolute atomic E-state index is 0. The highest BCUT2D eigenvalue weighted by Gasteiger charge is 1.88. The molecular formula is C10H19N. The molecule has 1 aromatic carbocycles. The van der Waals surface area contributed by atoms with Crippen LogP contribution in [-0.4, -0.2) is 7.05 Å². The largest absolute Gasteiger partial charge is 0.388 e. The van der Waals surface area contributed by atoms with E-state index in [9.17, 15) is 0 Å². The second kappa shape index (κ2) is 5.78. The molecule has 1 heteroatoms. The van der Waals surface area contributed by atoms with Gasteiger partial charge in [-0.15, -0.1) is 0 Å². The Bertz CT molecular complexity index is 199. The summed E-state index contributed by atoms with van der Waals surface area (Å²) >= 11 is 0. The molecule has 0 spiro atoms. The van der Waals surface area contributed by atoms with E-state index in [2.05, 4.69) is 24.4 Å². The van der Waals surface area contributed by atoms with Crippen molar-refractivity contribution in [2.24, 2.45) is 0 Å². The Labute approximate surface area is 70.9 Å². The monoisotopic (exact) mass is 153 g/mol. The third-order valence-electron chi connectivity index (χ3n) is 1.41. The summed E-state index contributed by atoms with van der Waals surface area (Å²) in [6.07, 6.45) is 0. The first-order valence-electron chi connectivity index (χ1n) is 4.08. The Morgan fingerprint density at radius 1 is 1.18 bits per heavy atom. The highest BCUT2D eigenvalue weighted by atomic mass is 14.8. The van der Waals surface area contributed by atoms with E-state index < -0.39 is 0 Å². The third-order valence-corrected chi connectivity index (χ3v) is 1.41. The Kier molecular flexibility index (Phi) is 5.26. The Hall–Kier alpha value is -0.980. The van der Waals surface area contributed by atoms with Crippen LogP contribution in [0.25, 0.3) is 0 Å². The molecule has 1 N–H and O–H groups in total. The van der Waals surface area contributed by atoms with E-state index >= 15 is 0 Å². The maximum Gasteiger partial charge on any atom is 0.0367 e. The molecule has 0 saturated heterocycles. The second-order valence-electron chi connectivity index (χ2n) is 2.06. The van der Waals surface area contributed by atoms with Crippen molar-refractivity contribution >= 4 is 5.69 Å². The number of aryl methyl sites for hydroxylation is 1. The van der Waals surface area contributed by atoms with Crippen molar-refractivity contribution in [2.45, 2.75) is 20.8 Å². The summed E-state index contributed by atoms with van der Waals surface area (Å²) in [5.74, 6) is 0. The summed E-state index contributed by atoms with van der Waals surface area (Å²) in [6, 6.07) is 8.22. The molecule has 0 amide bonds. The van der Waals surface area contributed by atoms with Crippen LogP contribution in [0.4, 0.5) is 5.69 Å². The van der Waals surface area contributed by atoms with Gasteiger partial charge in [-0.3, -0.25) is 0 Å². The molecule has 0 heterocycles. The van der Waals surface area contributed by atoms with Crippen LogP contribution in [0.1, 0.15) is 20.8 Å². The number of hydrogen-bond acceptors (Lipinski definition) is 1.